The van der Waals surface area contributed by atoms with Gasteiger partial charge in [0.1, 0.15) is 0 Å². The Morgan fingerprint density at radius 1 is 1.32 bits per heavy atom. The fraction of sp³-hybridized carbons (Fsp3) is 0.714. The number of aromatic nitrogens is 2. The van der Waals surface area contributed by atoms with E-state index in [0.29, 0.717) is 11.8 Å². The van der Waals surface area contributed by atoms with Crippen molar-refractivity contribution >= 4 is 5.82 Å². The maximum atomic E-state index is 9.28. The van der Waals surface area contributed by atoms with Gasteiger partial charge in [0.2, 0.25) is 0 Å². The van der Waals surface area contributed by atoms with E-state index < -0.39 is 0 Å². The summed E-state index contributed by atoms with van der Waals surface area (Å²) in [5, 5.41) is 9.28. The van der Waals surface area contributed by atoms with E-state index in [4.69, 9.17) is 4.74 Å². The van der Waals surface area contributed by atoms with E-state index in [-0.39, 0.29) is 12.7 Å². The van der Waals surface area contributed by atoms with Gasteiger partial charge in [-0.2, -0.15) is 0 Å². The van der Waals surface area contributed by atoms with Crippen molar-refractivity contribution in [3.05, 3.63) is 12.4 Å². The lowest BCUT2D eigenvalue weighted by Crippen LogP contribution is -2.27. The number of anilines is 1. The first-order chi connectivity index (χ1) is 9.20. The van der Waals surface area contributed by atoms with Gasteiger partial charge < -0.3 is 14.7 Å². The molecule has 2 heterocycles. The van der Waals surface area contributed by atoms with Gasteiger partial charge in [-0.3, -0.25) is 0 Å². The summed E-state index contributed by atoms with van der Waals surface area (Å²) >= 11 is 0. The van der Waals surface area contributed by atoms with Crippen LogP contribution in [0.1, 0.15) is 33.1 Å². The van der Waals surface area contributed by atoms with Gasteiger partial charge >= 0.3 is 0 Å². The summed E-state index contributed by atoms with van der Waals surface area (Å²) in [7, 11) is 0. The van der Waals surface area contributed by atoms with Crippen LogP contribution < -0.4 is 9.64 Å². The van der Waals surface area contributed by atoms with E-state index in [1.807, 2.05) is 13.8 Å². The minimum Gasteiger partial charge on any atom is -0.472 e. The molecule has 0 aliphatic carbocycles. The lowest BCUT2D eigenvalue weighted by Gasteiger charge is -2.23. The molecule has 0 unspecified atom stereocenters. The second-order valence-corrected chi connectivity index (χ2v) is 5.32. The Bertz CT molecular complexity index is 398. The zero-order valence-corrected chi connectivity index (χ0v) is 11.7. The highest BCUT2D eigenvalue weighted by Gasteiger charge is 2.21. The molecule has 0 radical (unpaired) electrons. The summed E-state index contributed by atoms with van der Waals surface area (Å²) in [6, 6.07) is 0. The van der Waals surface area contributed by atoms with Crippen molar-refractivity contribution in [1.82, 2.24) is 9.97 Å². The maximum absolute atomic E-state index is 9.28. The van der Waals surface area contributed by atoms with Gasteiger partial charge in [0, 0.05) is 32.1 Å². The van der Waals surface area contributed by atoms with Gasteiger partial charge in [-0.05, 0) is 39.0 Å². The Balaban J connectivity index is 2.12. The van der Waals surface area contributed by atoms with E-state index in [0.717, 1.165) is 38.2 Å². The van der Waals surface area contributed by atoms with Crippen molar-refractivity contribution in [3.63, 3.8) is 0 Å². The number of rotatable bonds is 4. The Labute approximate surface area is 114 Å². The Morgan fingerprint density at radius 3 is 2.84 bits per heavy atom. The highest BCUT2D eigenvalue weighted by Crippen LogP contribution is 2.27. The van der Waals surface area contributed by atoms with E-state index in [1.165, 1.54) is 0 Å². The fourth-order valence-corrected chi connectivity index (χ4v) is 2.40. The van der Waals surface area contributed by atoms with Gasteiger partial charge in [0.15, 0.2) is 5.82 Å². The van der Waals surface area contributed by atoms with Crippen LogP contribution in [0.15, 0.2) is 12.4 Å². The predicted octanol–water partition coefficient (Wildman–Crippen LogP) is 1.86. The normalized spacial score (nSPS) is 20.4. The van der Waals surface area contributed by atoms with Gasteiger partial charge in [0.25, 0.3) is 5.88 Å². The monoisotopic (exact) mass is 265 g/mol. The second-order valence-electron chi connectivity index (χ2n) is 5.32. The van der Waals surface area contributed by atoms with Crippen molar-refractivity contribution in [2.45, 2.75) is 39.2 Å². The van der Waals surface area contributed by atoms with Crippen molar-refractivity contribution in [2.75, 3.05) is 24.6 Å². The average Bonchev–Trinajstić information content (AvgIpc) is 2.64. The molecule has 19 heavy (non-hydrogen) atoms. The molecule has 5 heteroatoms. The molecule has 2 rings (SSSR count). The molecular weight excluding hydrogens is 242 g/mol. The molecule has 1 aromatic heterocycles. The number of aliphatic hydroxyl groups is 1. The van der Waals surface area contributed by atoms with Crippen molar-refractivity contribution in [2.24, 2.45) is 5.92 Å². The van der Waals surface area contributed by atoms with E-state index in [2.05, 4.69) is 14.9 Å². The molecule has 0 amide bonds. The Kier molecular flexibility index (Phi) is 4.96. The second kappa shape index (κ2) is 6.70. The van der Waals surface area contributed by atoms with E-state index >= 15 is 0 Å². The van der Waals surface area contributed by atoms with Gasteiger partial charge in [-0.15, -0.1) is 0 Å². The first-order valence-electron chi connectivity index (χ1n) is 7.04. The quantitative estimate of drug-likeness (QED) is 0.900. The number of nitrogens with zero attached hydrogens (tertiary/aromatic N) is 3. The molecule has 1 N–H and O–H groups in total. The Morgan fingerprint density at radius 2 is 2.11 bits per heavy atom. The van der Waals surface area contributed by atoms with Gasteiger partial charge in [-0.25, -0.2) is 9.97 Å². The third-order valence-electron chi connectivity index (χ3n) is 3.40. The summed E-state index contributed by atoms with van der Waals surface area (Å²) in [5.41, 5.74) is 0. The first-order valence-corrected chi connectivity index (χ1v) is 7.04. The molecule has 1 saturated heterocycles. The van der Waals surface area contributed by atoms with Crippen LogP contribution in [0.3, 0.4) is 0 Å². The summed E-state index contributed by atoms with van der Waals surface area (Å²) in [6.07, 6.45) is 6.60. The fourth-order valence-electron chi connectivity index (χ4n) is 2.40. The molecule has 1 atom stereocenters. The molecule has 0 bridgehead atoms. The summed E-state index contributed by atoms with van der Waals surface area (Å²) in [4.78, 5) is 10.9. The standard InChI is InChI=1S/C14H23N3O2/c1-11(2)19-14-13(15-6-7-16-14)17-8-3-4-12(10-18)5-9-17/h6-7,11-12,18H,3-5,8-10H2,1-2H3/t12-/m0/s1. The zero-order valence-electron chi connectivity index (χ0n) is 11.7. The van der Waals surface area contributed by atoms with Gasteiger partial charge in [0.05, 0.1) is 6.10 Å². The van der Waals surface area contributed by atoms with Crippen LogP contribution in [-0.2, 0) is 0 Å². The first kappa shape index (κ1) is 14.1. The van der Waals surface area contributed by atoms with Crippen LogP contribution in [0.5, 0.6) is 5.88 Å². The molecule has 0 saturated carbocycles. The van der Waals surface area contributed by atoms with Crippen LogP contribution in [0.25, 0.3) is 0 Å². The molecular formula is C14H23N3O2. The lowest BCUT2D eigenvalue weighted by molar-refractivity contribution is 0.215. The van der Waals surface area contributed by atoms with Crippen molar-refractivity contribution < 1.29 is 9.84 Å². The molecule has 0 aromatic carbocycles. The summed E-state index contributed by atoms with van der Waals surface area (Å²) < 4.78 is 5.73. The highest BCUT2D eigenvalue weighted by atomic mass is 16.5. The third kappa shape index (κ3) is 3.80. The predicted molar refractivity (Wildman–Crippen MR) is 74.4 cm³/mol. The molecule has 1 fully saturated rings. The molecule has 1 aliphatic heterocycles. The number of hydrogen-bond donors (Lipinski definition) is 1. The van der Waals surface area contributed by atoms with Crippen LogP contribution in [0.4, 0.5) is 5.82 Å². The molecule has 1 aromatic rings. The van der Waals surface area contributed by atoms with Crippen LogP contribution in [0.2, 0.25) is 0 Å². The zero-order chi connectivity index (χ0) is 13.7. The topological polar surface area (TPSA) is 58.5 Å². The molecule has 1 aliphatic rings. The smallest absolute Gasteiger partial charge is 0.257 e. The molecule has 5 nitrogen and oxygen atoms in total. The lowest BCUT2D eigenvalue weighted by atomic mass is 10.0. The molecule has 0 spiro atoms. The highest BCUT2D eigenvalue weighted by molar-refractivity contribution is 5.47. The minimum atomic E-state index is 0.0904. The van der Waals surface area contributed by atoms with Crippen molar-refractivity contribution in [3.8, 4) is 5.88 Å². The minimum absolute atomic E-state index is 0.0904. The van der Waals surface area contributed by atoms with E-state index in [1.54, 1.807) is 12.4 Å². The van der Waals surface area contributed by atoms with Crippen LogP contribution in [0, 0.1) is 5.92 Å². The average molecular weight is 265 g/mol. The number of ether oxygens (including phenoxy) is 1. The SMILES string of the molecule is CC(C)Oc1nccnc1N1CCC[C@H](CO)CC1. The molecule has 106 valence electrons. The van der Waals surface area contributed by atoms with Crippen LogP contribution in [-0.4, -0.2) is 40.9 Å². The maximum Gasteiger partial charge on any atom is 0.257 e. The largest absolute Gasteiger partial charge is 0.472 e. The Hall–Kier alpha value is -1.36. The number of hydrogen-bond acceptors (Lipinski definition) is 5. The van der Waals surface area contributed by atoms with Crippen LogP contribution >= 0.6 is 0 Å². The number of aliphatic hydroxyl groups excluding tert-OH is 1. The third-order valence-corrected chi connectivity index (χ3v) is 3.40. The van der Waals surface area contributed by atoms with Crippen molar-refractivity contribution in [1.29, 1.82) is 0 Å². The van der Waals surface area contributed by atoms with Gasteiger partial charge in [-0.1, -0.05) is 0 Å². The summed E-state index contributed by atoms with van der Waals surface area (Å²) in [6.45, 7) is 6.11. The summed E-state index contributed by atoms with van der Waals surface area (Å²) in [5.74, 6) is 1.85. The van der Waals surface area contributed by atoms with E-state index in [9.17, 15) is 5.11 Å².